The standard InChI is InChI=1S/C13H16N2O2S/c1-10-12(5-7-17-10)18(16)9-11-8-15-6-3-2-4-13(15)14-11/h2-4,6,8,10,12H,5,7,9H2,1H3. The van der Waals surface area contributed by atoms with E-state index in [0.29, 0.717) is 5.75 Å². The summed E-state index contributed by atoms with van der Waals surface area (Å²) in [6, 6.07) is 5.87. The Kier molecular flexibility index (Phi) is 3.18. The molecule has 0 spiro atoms. The minimum atomic E-state index is -0.904. The molecule has 1 aliphatic heterocycles. The second-order valence-electron chi connectivity index (χ2n) is 4.63. The van der Waals surface area contributed by atoms with Crippen molar-refractivity contribution >= 4 is 16.4 Å². The largest absolute Gasteiger partial charge is 0.377 e. The molecule has 3 heterocycles. The Morgan fingerprint density at radius 3 is 3.17 bits per heavy atom. The highest BCUT2D eigenvalue weighted by Crippen LogP contribution is 2.21. The lowest BCUT2D eigenvalue weighted by Gasteiger charge is -2.12. The quantitative estimate of drug-likeness (QED) is 0.848. The van der Waals surface area contributed by atoms with Crippen LogP contribution >= 0.6 is 0 Å². The zero-order chi connectivity index (χ0) is 12.5. The molecule has 0 N–H and O–H groups in total. The molecular formula is C13H16N2O2S. The Morgan fingerprint density at radius 1 is 1.56 bits per heavy atom. The van der Waals surface area contributed by atoms with Crippen LogP contribution in [0.3, 0.4) is 0 Å². The zero-order valence-corrected chi connectivity index (χ0v) is 11.1. The molecule has 0 aromatic carbocycles. The van der Waals surface area contributed by atoms with Crippen LogP contribution in [0.2, 0.25) is 0 Å². The molecule has 0 radical (unpaired) electrons. The van der Waals surface area contributed by atoms with Crippen LogP contribution in [0.25, 0.3) is 5.65 Å². The van der Waals surface area contributed by atoms with Gasteiger partial charge in [0, 0.05) is 29.8 Å². The Labute approximate surface area is 108 Å². The SMILES string of the molecule is CC1OCCC1S(=O)Cc1cn2ccccc2n1. The third-order valence-electron chi connectivity index (χ3n) is 3.35. The van der Waals surface area contributed by atoms with Crippen molar-refractivity contribution in [2.24, 2.45) is 0 Å². The fourth-order valence-electron chi connectivity index (χ4n) is 2.37. The van der Waals surface area contributed by atoms with Gasteiger partial charge < -0.3 is 9.14 Å². The first-order valence-electron chi connectivity index (χ1n) is 6.15. The Bertz CT molecular complexity index is 548. The van der Waals surface area contributed by atoms with Gasteiger partial charge in [0.05, 0.1) is 22.8 Å². The van der Waals surface area contributed by atoms with Crippen LogP contribution in [0.4, 0.5) is 0 Å². The van der Waals surface area contributed by atoms with Gasteiger partial charge in [0.2, 0.25) is 0 Å². The maximum atomic E-state index is 12.3. The monoisotopic (exact) mass is 264 g/mol. The third-order valence-corrected chi connectivity index (χ3v) is 5.22. The maximum Gasteiger partial charge on any atom is 0.137 e. The number of hydrogen-bond donors (Lipinski definition) is 0. The van der Waals surface area contributed by atoms with Crippen molar-refractivity contribution in [2.75, 3.05) is 6.61 Å². The highest BCUT2D eigenvalue weighted by Gasteiger charge is 2.29. The molecule has 2 aromatic heterocycles. The van der Waals surface area contributed by atoms with Gasteiger partial charge in [0.15, 0.2) is 0 Å². The van der Waals surface area contributed by atoms with E-state index in [2.05, 4.69) is 4.98 Å². The van der Waals surface area contributed by atoms with Crippen molar-refractivity contribution in [1.29, 1.82) is 0 Å². The number of aromatic nitrogens is 2. The van der Waals surface area contributed by atoms with Crippen LogP contribution in [0.15, 0.2) is 30.6 Å². The van der Waals surface area contributed by atoms with Gasteiger partial charge in [-0.25, -0.2) is 4.98 Å². The molecule has 1 aliphatic rings. The first-order valence-corrected chi connectivity index (χ1v) is 7.53. The second-order valence-corrected chi connectivity index (χ2v) is 6.28. The lowest BCUT2D eigenvalue weighted by atomic mass is 10.3. The van der Waals surface area contributed by atoms with Gasteiger partial charge in [-0.05, 0) is 25.5 Å². The average molecular weight is 264 g/mol. The normalized spacial score (nSPS) is 25.6. The van der Waals surface area contributed by atoms with Crippen LogP contribution in [0.5, 0.6) is 0 Å². The molecule has 5 heteroatoms. The van der Waals surface area contributed by atoms with Gasteiger partial charge in [-0.1, -0.05) is 6.07 Å². The third kappa shape index (κ3) is 2.20. The molecule has 1 fully saturated rings. The van der Waals surface area contributed by atoms with Crippen molar-refractivity contribution in [3.63, 3.8) is 0 Å². The number of ether oxygens (including phenoxy) is 1. The van der Waals surface area contributed by atoms with E-state index < -0.39 is 10.8 Å². The molecule has 0 bridgehead atoms. The molecular weight excluding hydrogens is 248 g/mol. The highest BCUT2D eigenvalue weighted by molar-refractivity contribution is 7.84. The summed E-state index contributed by atoms with van der Waals surface area (Å²) in [6.07, 6.45) is 4.90. The molecule has 4 nitrogen and oxygen atoms in total. The lowest BCUT2D eigenvalue weighted by molar-refractivity contribution is 0.127. The highest BCUT2D eigenvalue weighted by atomic mass is 32.2. The molecule has 3 unspecified atom stereocenters. The van der Waals surface area contributed by atoms with Crippen molar-refractivity contribution in [3.8, 4) is 0 Å². The molecule has 0 amide bonds. The molecule has 96 valence electrons. The number of imidazole rings is 1. The van der Waals surface area contributed by atoms with Crippen molar-refractivity contribution in [3.05, 3.63) is 36.3 Å². The summed E-state index contributed by atoms with van der Waals surface area (Å²) in [5.41, 5.74) is 1.79. The van der Waals surface area contributed by atoms with Gasteiger partial charge in [-0.3, -0.25) is 4.21 Å². The summed E-state index contributed by atoms with van der Waals surface area (Å²) in [4.78, 5) is 4.48. The summed E-state index contributed by atoms with van der Waals surface area (Å²) < 4.78 is 19.7. The first-order chi connectivity index (χ1) is 8.74. The first kappa shape index (κ1) is 11.9. The van der Waals surface area contributed by atoms with Crippen molar-refractivity contribution in [2.45, 2.75) is 30.5 Å². The summed E-state index contributed by atoms with van der Waals surface area (Å²) >= 11 is 0. The van der Waals surface area contributed by atoms with Gasteiger partial charge in [-0.15, -0.1) is 0 Å². The summed E-state index contributed by atoms with van der Waals surface area (Å²) in [6.45, 7) is 2.72. The number of rotatable bonds is 3. The molecule has 3 atom stereocenters. The topological polar surface area (TPSA) is 43.6 Å². The molecule has 18 heavy (non-hydrogen) atoms. The van der Waals surface area contributed by atoms with Crippen LogP contribution in [-0.2, 0) is 21.3 Å². The minimum Gasteiger partial charge on any atom is -0.377 e. The van der Waals surface area contributed by atoms with E-state index in [1.54, 1.807) is 0 Å². The van der Waals surface area contributed by atoms with E-state index in [0.717, 1.165) is 24.4 Å². The Hall–Kier alpha value is -1.20. The van der Waals surface area contributed by atoms with E-state index in [4.69, 9.17) is 4.74 Å². The average Bonchev–Trinajstić information content (AvgIpc) is 2.94. The smallest absolute Gasteiger partial charge is 0.137 e. The predicted octanol–water partition coefficient (Wildman–Crippen LogP) is 1.76. The van der Waals surface area contributed by atoms with E-state index >= 15 is 0 Å². The molecule has 2 aromatic rings. The number of fused-ring (bicyclic) bond motifs is 1. The fraction of sp³-hybridized carbons (Fsp3) is 0.462. The minimum absolute atomic E-state index is 0.0999. The maximum absolute atomic E-state index is 12.3. The second kappa shape index (κ2) is 4.82. The summed E-state index contributed by atoms with van der Waals surface area (Å²) in [5, 5.41) is 0.148. The van der Waals surface area contributed by atoms with E-state index in [1.807, 2.05) is 41.9 Å². The molecule has 1 saturated heterocycles. The van der Waals surface area contributed by atoms with Gasteiger partial charge >= 0.3 is 0 Å². The zero-order valence-electron chi connectivity index (χ0n) is 10.3. The van der Waals surface area contributed by atoms with E-state index in [9.17, 15) is 4.21 Å². The predicted molar refractivity (Wildman–Crippen MR) is 70.9 cm³/mol. The molecule has 0 saturated carbocycles. The van der Waals surface area contributed by atoms with Crippen molar-refractivity contribution < 1.29 is 8.95 Å². The Morgan fingerprint density at radius 2 is 2.44 bits per heavy atom. The number of hydrogen-bond acceptors (Lipinski definition) is 3. The summed E-state index contributed by atoms with van der Waals surface area (Å²) in [7, 11) is -0.904. The Balaban J connectivity index is 1.77. The number of nitrogens with zero attached hydrogens (tertiary/aromatic N) is 2. The van der Waals surface area contributed by atoms with Crippen LogP contribution in [0, 0.1) is 0 Å². The molecule has 3 rings (SSSR count). The van der Waals surface area contributed by atoms with Crippen LogP contribution in [-0.4, -0.2) is 31.6 Å². The van der Waals surface area contributed by atoms with Crippen molar-refractivity contribution in [1.82, 2.24) is 9.38 Å². The van der Waals surface area contributed by atoms with Gasteiger partial charge in [-0.2, -0.15) is 0 Å². The summed E-state index contributed by atoms with van der Waals surface area (Å²) in [5.74, 6) is 0.514. The van der Waals surface area contributed by atoms with Crippen LogP contribution < -0.4 is 0 Å². The van der Waals surface area contributed by atoms with E-state index in [1.165, 1.54) is 0 Å². The van der Waals surface area contributed by atoms with Gasteiger partial charge in [0.25, 0.3) is 0 Å². The van der Waals surface area contributed by atoms with E-state index in [-0.39, 0.29) is 11.4 Å². The molecule has 0 aliphatic carbocycles. The lowest BCUT2D eigenvalue weighted by Crippen LogP contribution is -2.24. The van der Waals surface area contributed by atoms with Gasteiger partial charge in [0.1, 0.15) is 5.65 Å². The number of pyridine rings is 1. The fourth-order valence-corrected chi connectivity index (χ4v) is 3.88. The van der Waals surface area contributed by atoms with Crippen LogP contribution in [0.1, 0.15) is 19.0 Å².